The zero-order valence-electron chi connectivity index (χ0n) is 18.6. The normalized spacial score (nSPS) is 21.0. The van der Waals surface area contributed by atoms with Gasteiger partial charge in [-0.2, -0.15) is 4.31 Å². The van der Waals surface area contributed by atoms with Gasteiger partial charge in [-0.3, -0.25) is 9.59 Å². The largest absolute Gasteiger partial charge is 0.479 e. The molecule has 0 unspecified atom stereocenters. The van der Waals surface area contributed by atoms with E-state index in [1.807, 2.05) is 13.0 Å². The van der Waals surface area contributed by atoms with Gasteiger partial charge in [0.15, 0.2) is 6.10 Å². The maximum Gasteiger partial charge on any atom is 0.265 e. The first-order valence-electron chi connectivity index (χ1n) is 10.8. The molecule has 33 heavy (non-hydrogen) atoms. The van der Waals surface area contributed by atoms with Gasteiger partial charge in [-0.25, -0.2) is 8.42 Å². The zero-order valence-corrected chi connectivity index (χ0v) is 20.2. The topological polar surface area (TPSA) is 105 Å². The van der Waals surface area contributed by atoms with Crippen molar-refractivity contribution in [1.29, 1.82) is 0 Å². The number of piperidine rings is 1. The number of benzene rings is 2. The summed E-state index contributed by atoms with van der Waals surface area (Å²) in [7, 11) is -3.88. The second-order valence-electron chi connectivity index (χ2n) is 8.54. The molecule has 2 aromatic rings. The van der Waals surface area contributed by atoms with Crippen molar-refractivity contribution in [3.8, 4) is 5.75 Å². The number of rotatable bonds is 4. The maximum atomic E-state index is 13.5. The van der Waals surface area contributed by atoms with Gasteiger partial charge >= 0.3 is 0 Å². The number of amides is 2. The molecule has 2 aromatic carbocycles. The van der Waals surface area contributed by atoms with Crippen LogP contribution in [-0.4, -0.2) is 43.7 Å². The highest BCUT2D eigenvalue weighted by atomic mass is 35.5. The fourth-order valence-electron chi connectivity index (χ4n) is 4.09. The molecule has 1 saturated heterocycles. The summed E-state index contributed by atoms with van der Waals surface area (Å²) in [6.07, 6.45) is 0.427. The number of hydrogen-bond acceptors (Lipinski definition) is 5. The standard InChI is InChI=1S/C23H26ClN3O5S/c1-13-6-7-18(17(24)9-13)25-23(29)16-5-4-8-27(12-16)33(30,31)21-11-20-19(10-14(21)2)26-22(28)15(3)32-20/h6-7,9-11,15-16H,4-5,8,12H2,1-3H3,(H,25,29)(H,26,28)/t15-,16-/m1/s1. The van der Waals surface area contributed by atoms with E-state index in [2.05, 4.69) is 10.6 Å². The van der Waals surface area contributed by atoms with Crippen molar-refractivity contribution in [3.63, 3.8) is 0 Å². The molecular formula is C23H26ClN3O5S. The molecule has 0 radical (unpaired) electrons. The van der Waals surface area contributed by atoms with E-state index >= 15 is 0 Å². The van der Waals surface area contributed by atoms with E-state index in [0.29, 0.717) is 47.1 Å². The Hall–Kier alpha value is -2.62. The first-order valence-corrected chi connectivity index (χ1v) is 12.6. The highest BCUT2D eigenvalue weighted by Crippen LogP contribution is 2.36. The molecule has 0 bridgehead atoms. The van der Waals surface area contributed by atoms with Gasteiger partial charge in [0, 0.05) is 19.2 Å². The van der Waals surface area contributed by atoms with Crippen molar-refractivity contribution in [1.82, 2.24) is 4.31 Å². The number of carbonyl (C=O) groups excluding carboxylic acids is 2. The Kier molecular flexibility index (Phi) is 6.39. The number of fused-ring (bicyclic) bond motifs is 1. The summed E-state index contributed by atoms with van der Waals surface area (Å²) < 4.78 is 33.9. The molecule has 2 heterocycles. The van der Waals surface area contributed by atoms with Crippen LogP contribution in [0.15, 0.2) is 35.2 Å². The molecular weight excluding hydrogens is 466 g/mol. The molecule has 2 aliphatic rings. The van der Waals surface area contributed by atoms with E-state index < -0.39 is 22.0 Å². The van der Waals surface area contributed by atoms with Crippen LogP contribution in [0.25, 0.3) is 0 Å². The van der Waals surface area contributed by atoms with Crippen molar-refractivity contribution in [3.05, 3.63) is 46.5 Å². The lowest BCUT2D eigenvalue weighted by atomic mass is 9.98. The summed E-state index contributed by atoms with van der Waals surface area (Å²) >= 11 is 6.23. The molecule has 176 valence electrons. The van der Waals surface area contributed by atoms with Gasteiger partial charge in [0.25, 0.3) is 5.91 Å². The number of halogens is 1. The second-order valence-corrected chi connectivity index (χ2v) is 10.9. The Labute approximate surface area is 198 Å². The third kappa shape index (κ3) is 4.71. The molecule has 0 aliphatic carbocycles. The van der Waals surface area contributed by atoms with Crippen molar-refractivity contribution < 1.29 is 22.7 Å². The lowest BCUT2D eigenvalue weighted by Crippen LogP contribution is -2.44. The number of carbonyl (C=O) groups is 2. The average Bonchev–Trinajstić information content (AvgIpc) is 2.76. The van der Waals surface area contributed by atoms with E-state index in [1.54, 1.807) is 32.0 Å². The molecule has 1 fully saturated rings. The first-order chi connectivity index (χ1) is 15.6. The van der Waals surface area contributed by atoms with E-state index in [0.717, 1.165) is 5.56 Å². The van der Waals surface area contributed by atoms with Crippen LogP contribution in [0.4, 0.5) is 11.4 Å². The van der Waals surface area contributed by atoms with Crippen molar-refractivity contribution in [2.24, 2.45) is 5.92 Å². The van der Waals surface area contributed by atoms with Crippen LogP contribution in [0, 0.1) is 19.8 Å². The smallest absolute Gasteiger partial charge is 0.265 e. The highest BCUT2D eigenvalue weighted by Gasteiger charge is 2.35. The van der Waals surface area contributed by atoms with E-state index in [4.69, 9.17) is 16.3 Å². The number of nitrogens with one attached hydrogen (secondary N) is 2. The van der Waals surface area contributed by atoms with E-state index in [9.17, 15) is 18.0 Å². The van der Waals surface area contributed by atoms with Gasteiger partial charge in [0.1, 0.15) is 5.75 Å². The predicted octanol–water partition coefficient (Wildman–Crippen LogP) is 3.72. The Morgan fingerprint density at radius 1 is 1.24 bits per heavy atom. The first kappa shape index (κ1) is 23.5. The van der Waals surface area contributed by atoms with Gasteiger partial charge in [-0.05, 0) is 62.9 Å². The number of hydrogen-bond donors (Lipinski definition) is 2. The Morgan fingerprint density at radius 2 is 2.00 bits per heavy atom. The zero-order chi connectivity index (χ0) is 23.9. The molecule has 10 heteroatoms. The van der Waals surface area contributed by atoms with Crippen LogP contribution in [0.3, 0.4) is 0 Å². The van der Waals surface area contributed by atoms with Crippen LogP contribution in [0.5, 0.6) is 5.75 Å². The average molecular weight is 492 g/mol. The SMILES string of the molecule is Cc1ccc(NC(=O)[C@@H]2CCCN(S(=O)(=O)c3cc4c(cc3C)NC(=O)[C@@H](C)O4)C2)c(Cl)c1. The summed E-state index contributed by atoms with van der Waals surface area (Å²) in [5.41, 5.74) is 2.42. The third-order valence-electron chi connectivity index (χ3n) is 5.96. The molecule has 0 saturated carbocycles. The van der Waals surface area contributed by atoms with Gasteiger partial charge in [-0.15, -0.1) is 0 Å². The summed E-state index contributed by atoms with van der Waals surface area (Å²) in [4.78, 5) is 24.8. The molecule has 4 rings (SSSR count). The van der Waals surface area contributed by atoms with Crippen LogP contribution in [0.2, 0.25) is 5.02 Å². The minimum Gasteiger partial charge on any atom is -0.479 e. The van der Waals surface area contributed by atoms with E-state index in [1.165, 1.54) is 10.4 Å². The van der Waals surface area contributed by atoms with E-state index in [-0.39, 0.29) is 23.3 Å². The fraction of sp³-hybridized carbons (Fsp3) is 0.391. The van der Waals surface area contributed by atoms with Crippen LogP contribution in [-0.2, 0) is 19.6 Å². The van der Waals surface area contributed by atoms with Gasteiger partial charge < -0.3 is 15.4 Å². The molecule has 8 nitrogen and oxygen atoms in total. The van der Waals surface area contributed by atoms with Crippen LogP contribution >= 0.6 is 11.6 Å². The van der Waals surface area contributed by atoms with Crippen LogP contribution < -0.4 is 15.4 Å². The number of anilines is 2. The molecule has 2 amide bonds. The Bertz CT molecular complexity index is 1230. The quantitative estimate of drug-likeness (QED) is 0.678. The number of ether oxygens (including phenoxy) is 1. The maximum absolute atomic E-state index is 13.5. The molecule has 2 atom stereocenters. The minimum atomic E-state index is -3.88. The Morgan fingerprint density at radius 3 is 2.73 bits per heavy atom. The summed E-state index contributed by atoms with van der Waals surface area (Å²) in [5, 5.41) is 5.99. The summed E-state index contributed by atoms with van der Waals surface area (Å²) in [5.74, 6) is -0.732. The fourth-order valence-corrected chi connectivity index (χ4v) is 6.12. The van der Waals surface area contributed by atoms with Crippen molar-refractivity contribution in [2.75, 3.05) is 23.7 Å². The lowest BCUT2D eigenvalue weighted by molar-refractivity contribution is -0.123. The molecule has 2 N–H and O–H groups in total. The lowest BCUT2D eigenvalue weighted by Gasteiger charge is -2.32. The summed E-state index contributed by atoms with van der Waals surface area (Å²) in [6.45, 7) is 5.57. The second kappa shape index (κ2) is 8.96. The van der Waals surface area contributed by atoms with Crippen LogP contribution in [0.1, 0.15) is 30.9 Å². The number of nitrogens with zero attached hydrogens (tertiary/aromatic N) is 1. The third-order valence-corrected chi connectivity index (χ3v) is 8.28. The molecule has 2 aliphatic heterocycles. The molecule has 0 aromatic heterocycles. The minimum absolute atomic E-state index is 0.0716. The summed E-state index contributed by atoms with van der Waals surface area (Å²) in [6, 6.07) is 8.40. The van der Waals surface area contributed by atoms with Gasteiger partial charge in [0.2, 0.25) is 15.9 Å². The highest BCUT2D eigenvalue weighted by molar-refractivity contribution is 7.89. The Balaban J connectivity index is 1.54. The van der Waals surface area contributed by atoms with Gasteiger partial charge in [-0.1, -0.05) is 17.7 Å². The monoisotopic (exact) mass is 491 g/mol. The predicted molar refractivity (Wildman–Crippen MR) is 126 cm³/mol. The van der Waals surface area contributed by atoms with Crippen molar-refractivity contribution in [2.45, 2.75) is 44.6 Å². The number of aryl methyl sites for hydroxylation is 2. The molecule has 0 spiro atoms. The number of sulfonamides is 1. The van der Waals surface area contributed by atoms with Gasteiger partial charge in [0.05, 0.1) is 27.2 Å². The van der Waals surface area contributed by atoms with Crippen molar-refractivity contribution >= 4 is 44.8 Å².